The summed E-state index contributed by atoms with van der Waals surface area (Å²) >= 11 is 1.66. The van der Waals surface area contributed by atoms with Crippen LogP contribution in [0.3, 0.4) is 0 Å². The first-order valence-electron chi connectivity index (χ1n) is 5.99. The molecule has 2 rings (SSSR count). The quantitative estimate of drug-likeness (QED) is 0.873. The zero-order chi connectivity index (χ0) is 13.0. The minimum absolute atomic E-state index is 0.539. The molecular weight excluding hydrogens is 248 g/mol. The van der Waals surface area contributed by atoms with Gasteiger partial charge in [-0.25, -0.2) is 4.98 Å². The van der Waals surface area contributed by atoms with Crippen LogP contribution in [0.15, 0.2) is 16.7 Å². The van der Waals surface area contributed by atoms with Crippen molar-refractivity contribution in [3.63, 3.8) is 0 Å². The number of hydrogen-bond donors (Lipinski definition) is 1. The van der Waals surface area contributed by atoms with Gasteiger partial charge in [0, 0.05) is 18.5 Å². The van der Waals surface area contributed by atoms with Crippen molar-refractivity contribution in [3.8, 4) is 10.8 Å². The third-order valence-electron chi connectivity index (χ3n) is 2.65. The third-order valence-corrected chi connectivity index (χ3v) is 3.75. The van der Waals surface area contributed by atoms with Gasteiger partial charge < -0.3 is 14.5 Å². The second-order valence-electron chi connectivity index (χ2n) is 4.03. The van der Waals surface area contributed by atoms with E-state index in [4.69, 9.17) is 9.15 Å². The fraction of sp³-hybridized carbons (Fsp3) is 0.462. The molecule has 0 fully saturated rings. The van der Waals surface area contributed by atoms with Crippen molar-refractivity contribution in [2.75, 3.05) is 13.7 Å². The van der Waals surface area contributed by atoms with Gasteiger partial charge >= 0.3 is 0 Å². The van der Waals surface area contributed by atoms with E-state index >= 15 is 0 Å². The number of aryl methyl sites for hydroxylation is 1. The fourth-order valence-corrected chi connectivity index (χ4v) is 2.79. The molecule has 2 heterocycles. The van der Waals surface area contributed by atoms with E-state index in [0.29, 0.717) is 6.61 Å². The van der Waals surface area contributed by atoms with E-state index in [1.807, 2.05) is 13.0 Å². The molecule has 0 amide bonds. The zero-order valence-electron chi connectivity index (χ0n) is 10.9. The fourth-order valence-electron chi connectivity index (χ4n) is 1.70. The molecule has 98 valence electrons. The predicted octanol–water partition coefficient (Wildman–Crippen LogP) is 2.97. The van der Waals surface area contributed by atoms with Crippen molar-refractivity contribution in [3.05, 3.63) is 28.5 Å². The Balaban J connectivity index is 2.29. The Kier molecular flexibility index (Phi) is 4.52. The zero-order valence-corrected chi connectivity index (χ0v) is 11.8. The van der Waals surface area contributed by atoms with Gasteiger partial charge in [0.05, 0.1) is 18.6 Å². The van der Waals surface area contributed by atoms with Gasteiger partial charge in [0.2, 0.25) is 0 Å². The predicted molar refractivity (Wildman–Crippen MR) is 72.6 cm³/mol. The van der Waals surface area contributed by atoms with Crippen molar-refractivity contribution in [2.45, 2.75) is 27.0 Å². The lowest BCUT2D eigenvalue weighted by Gasteiger charge is -2.00. The molecule has 5 heteroatoms. The van der Waals surface area contributed by atoms with Crippen molar-refractivity contribution >= 4 is 11.3 Å². The van der Waals surface area contributed by atoms with Crippen LogP contribution < -0.4 is 5.32 Å². The monoisotopic (exact) mass is 266 g/mol. The number of rotatable bonds is 6. The summed E-state index contributed by atoms with van der Waals surface area (Å²) in [5.41, 5.74) is 2.11. The molecule has 0 spiro atoms. The molecule has 0 aliphatic rings. The van der Waals surface area contributed by atoms with Gasteiger partial charge in [-0.3, -0.25) is 0 Å². The summed E-state index contributed by atoms with van der Waals surface area (Å²) in [6.07, 6.45) is 1.70. The lowest BCUT2D eigenvalue weighted by Crippen LogP contribution is -2.12. The first-order valence-corrected chi connectivity index (χ1v) is 6.80. The van der Waals surface area contributed by atoms with Gasteiger partial charge in [-0.1, -0.05) is 6.92 Å². The SMILES string of the molecule is CCNCc1sc(-c2occc2C)nc1COC. The van der Waals surface area contributed by atoms with Gasteiger partial charge in [-0.15, -0.1) is 11.3 Å². The van der Waals surface area contributed by atoms with Crippen LogP contribution in [0.1, 0.15) is 23.1 Å². The van der Waals surface area contributed by atoms with E-state index in [2.05, 4.69) is 17.2 Å². The maximum absolute atomic E-state index is 5.49. The summed E-state index contributed by atoms with van der Waals surface area (Å²) in [7, 11) is 1.69. The van der Waals surface area contributed by atoms with Crippen LogP contribution in [0.2, 0.25) is 0 Å². The van der Waals surface area contributed by atoms with Crippen LogP contribution >= 0.6 is 11.3 Å². The minimum atomic E-state index is 0.539. The molecule has 18 heavy (non-hydrogen) atoms. The average Bonchev–Trinajstić information content (AvgIpc) is 2.94. The van der Waals surface area contributed by atoms with Crippen molar-refractivity contribution < 1.29 is 9.15 Å². The highest BCUT2D eigenvalue weighted by Gasteiger charge is 2.15. The van der Waals surface area contributed by atoms with E-state index in [-0.39, 0.29) is 0 Å². The van der Waals surface area contributed by atoms with Gasteiger partial charge in [0.15, 0.2) is 10.8 Å². The number of nitrogens with one attached hydrogen (secondary N) is 1. The van der Waals surface area contributed by atoms with Crippen molar-refractivity contribution in [1.29, 1.82) is 0 Å². The molecule has 0 atom stereocenters. The lowest BCUT2D eigenvalue weighted by molar-refractivity contribution is 0.181. The summed E-state index contributed by atoms with van der Waals surface area (Å²) in [5.74, 6) is 0.861. The molecule has 2 aromatic heterocycles. The van der Waals surface area contributed by atoms with E-state index in [0.717, 1.165) is 35.1 Å². The number of methoxy groups -OCH3 is 1. The Hall–Kier alpha value is -1.17. The van der Waals surface area contributed by atoms with E-state index in [1.54, 1.807) is 24.7 Å². The summed E-state index contributed by atoms with van der Waals surface area (Å²) in [6.45, 7) is 6.43. The Morgan fingerprint density at radius 1 is 1.50 bits per heavy atom. The minimum Gasteiger partial charge on any atom is -0.462 e. The van der Waals surface area contributed by atoms with Crippen molar-refractivity contribution in [2.24, 2.45) is 0 Å². The van der Waals surface area contributed by atoms with Gasteiger partial charge in [0.25, 0.3) is 0 Å². The summed E-state index contributed by atoms with van der Waals surface area (Å²) < 4.78 is 10.7. The highest BCUT2D eigenvalue weighted by molar-refractivity contribution is 7.15. The average molecular weight is 266 g/mol. The molecule has 4 nitrogen and oxygen atoms in total. The molecule has 0 aromatic carbocycles. The van der Waals surface area contributed by atoms with E-state index < -0.39 is 0 Å². The van der Waals surface area contributed by atoms with Crippen LogP contribution in [0.25, 0.3) is 10.8 Å². The highest BCUT2D eigenvalue weighted by atomic mass is 32.1. The summed E-state index contributed by atoms with van der Waals surface area (Å²) in [4.78, 5) is 5.83. The molecule has 0 bridgehead atoms. The van der Waals surface area contributed by atoms with Crippen LogP contribution in [0.5, 0.6) is 0 Å². The van der Waals surface area contributed by atoms with Crippen molar-refractivity contribution in [1.82, 2.24) is 10.3 Å². The van der Waals surface area contributed by atoms with Crippen LogP contribution in [-0.4, -0.2) is 18.6 Å². The maximum atomic E-state index is 5.49. The second-order valence-corrected chi connectivity index (χ2v) is 5.12. The molecule has 0 aliphatic carbocycles. The number of aromatic nitrogens is 1. The molecule has 0 radical (unpaired) electrons. The van der Waals surface area contributed by atoms with Crippen LogP contribution in [0, 0.1) is 6.92 Å². The highest BCUT2D eigenvalue weighted by Crippen LogP contribution is 2.31. The number of nitrogens with zero attached hydrogens (tertiary/aromatic N) is 1. The van der Waals surface area contributed by atoms with E-state index in [1.165, 1.54) is 4.88 Å². The molecule has 0 aliphatic heterocycles. The molecule has 1 N–H and O–H groups in total. The molecule has 0 saturated heterocycles. The summed E-state index contributed by atoms with van der Waals surface area (Å²) in [6, 6.07) is 1.96. The normalized spacial score (nSPS) is 11.1. The van der Waals surface area contributed by atoms with Crippen LogP contribution in [0.4, 0.5) is 0 Å². The van der Waals surface area contributed by atoms with E-state index in [9.17, 15) is 0 Å². The van der Waals surface area contributed by atoms with Gasteiger partial charge in [-0.2, -0.15) is 0 Å². The Bertz CT molecular complexity index is 505. The maximum Gasteiger partial charge on any atom is 0.165 e. The Morgan fingerprint density at radius 2 is 2.33 bits per heavy atom. The lowest BCUT2D eigenvalue weighted by atomic mass is 10.3. The first kappa shape index (κ1) is 13.3. The van der Waals surface area contributed by atoms with Gasteiger partial charge in [-0.05, 0) is 25.1 Å². The standard InChI is InChI=1S/C13H18N2O2S/c1-4-14-7-11-10(8-16-3)15-13(18-11)12-9(2)5-6-17-12/h5-6,14H,4,7-8H2,1-3H3. The molecule has 0 saturated carbocycles. The topological polar surface area (TPSA) is 47.3 Å². The van der Waals surface area contributed by atoms with Gasteiger partial charge in [0.1, 0.15) is 0 Å². The number of thiazole rings is 1. The Morgan fingerprint density at radius 3 is 2.94 bits per heavy atom. The summed E-state index contributed by atoms with van der Waals surface area (Å²) in [5, 5.41) is 4.25. The number of hydrogen-bond acceptors (Lipinski definition) is 5. The largest absolute Gasteiger partial charge is 0.462 e. The number of ether oxygens (including phenoxy) is 1. The smallest absolute Gasteiger partial charge is 0.165 e. The number of furan rings is 1. The molecule has 2 aromatic rings. The Labute approximate surface area is 111 Å². The molecular formula is C13H18N2O2S. The molecule has 0 unspecified atom stereocenters. The third kappa shape index (κ3) is 2.80. The van der Waals surface area contributed by atoms with Crippen LogP contribution in [-0.2, 0) is 17.9 Å². The first-order chi connectivity index (χ1) is 8.76. The second kappa shape index (κ2) is 6.13.